The zero-order valence-corrected chi connectivity index (χ0v) is 4.07. The molecule has 0 aliphatic carbocycles. The zero-order valence-electron chi connectivity index (χ0n) is 4.07. The summed E-state index contributed by atoms with van der Waals surface area (Å²) in [7, 11) is 0. The molecule has 7 nitrogen and oxygen atoms in total. The van der Waals surface area contributed by atoms with Crippen LogP contribution in [0.2, 0.25) is 0 Å². The molecule has 8 N–H and O–H groups in total. The number of rotatable bonds is 1. The number of hydrogen-bond acceptors (Lipinski definition) is 2. The molecular formula is CH8N6O. The van der Waals surface area contributed by atoms with Gasteiger partial charge in [-0.15, -0.1) is 0 Å². The smallest absolute Gasteiger partial charge is 0.213 e. The van der Waals surface area contributed by atoms with Gasteiger partial charge < -0.3 is 22.8 Å². The van der Waals surface area contributed by atoms with Gasteiger partial charge in [-0.2, -0.15) is 0 Å². The molecule has 0 aliphatic heterocycles. The van der Waals surface area contributed by atoms with E-state index in [0.717, 1.165) is 0 Å². The molecule has 48 valence electrons. The molecule has 0 radical (unpaired) electrons. The SMILES string of the molecule is NN=NN=C(N)N.O. The Hall–Kier alpha value is -1.37. The van der Waals surface area contributed by atoms with Crippen molar-refractivity contribution in [3.63, 3.8) is 0 Å². The first-order valence-corrected chi connectivity index (χ1v) is 1.46. The molecule has 8 heavy (non-hydrogen) atoms. The third-order valence-electron chi connectivity index (χ3n) is 0.212. The molecule has 0 amide bonds. The number of hydrogen-bond donors (Lipinski definition) is 3. The Kier molecular flexibility index (Phi) is 6.90. The first-order valence-electron chi connectivity index (χ1n) is 1.46. The van der Waals surface area contributed by atoms with E-state index in [-0.39, 0.29) is 11.4 Å². The molecule has 0 saturated carbocycles. The van der Waals surface area contributed by atoms with Gasteiger partial charge >= 0.3 is 0 Å². The van der Waals surface area contributed by atoms with Crippen LogP contribution in [0.25, 0.3) is 0 Å². The summed E-state index contributed by atoms with van der Waals surface area (Å²) in [5.41, 5.74) is 9.59. The molecule has 0 heterocycles. The maximum Gasteiger partial charge on any atom is 0.213 e. The van der Waals surface area contributed by atoms with Gasteiger partial charge in [0.05, 0.1) is 0 Å². The first-order chi connectivity index (χ1) is 3.27. The second-order valence-electron chi connectivity index (χ2n) is 0.730. The van der Waals surface area contributed by atoms with Crippen molar-refractivity contribution >= 4 is 5.96 Å². The van der Waals surface area contributed by atoms with Gasteiger partial charge in [0.15, 0.2) is 0 Å². The van der Waals surface area contributed by atoms with E-state index in [1.807, 2.05) is 0 Å². The van der Waals surface area contributed by atoms with Crippen molar-refractivity contribution in [3.8, 4) is 0 Å². The first kappa shape index (κ1) is 9.80. The fraction of sp³-hybridized carbons (Fsp3) is 0. The normalized spacial score (nSPS) is 8.00. The largest absolute Gasteiger partial charge is 0.412 e. The highest BCUT2D eigenvalue weighted by Crippen LogP contribution is 1.64. The standard InChI is InChI=1S/CH6N6.H2O/c2-1(3)5-7-6-4;/h(H2,4,7)(H4,2,3,5,6);1H2. The monoisotopic (exact) mass is 120 g/mol. The van der Waals surface area contributed by atoms with E-state index in [1.165, 1.54) is 0 Å². The molecule has 7 heteroatoms. The van der Waals surface area contributed by atoms with Crippen LogP contribution >= 0.6 is 0 Å². The molecular weight excluding hydrogens is 112 g/mol. The Morgan fingerprint density at radius 3 is 1.88 bits per heavy atom. The van der Waals surface area contributed by atoms with Gasteiger partial charge in [-0.1, -0.05) is 10.3 Å². The van der Waals surface area contributed by atoms with Gasteiger partial charge in [-0.25, -0.2) is 0 Å². The van der Waals surface area contributed by atoms with E-state index in [2.05, 4.69) is 21.4 Å². The van der Waals surface area contributed by atoms with Crippen LogP contribution < -0.4 is 17.3 Å². The molecule has 0 aromatic carbocycles. The Morgan fingerprint density at radius 1 is 1.25 bits per heavy atom. The fourth-order valence-corrected chi connectivity index (χ4v) is 0.0775. The lowest BCUT2D eigenvalue weighted by atomic mass is 11.1. The predicted molar refractivity (Wildman–Crippen MR) is 28.5 cm³/mol. The average molecular weight is 120 g/mol. The van der Waals surface area contributed by atoms with Crippen molar-refractivity contribution < 1.29 is 5.48 Å². The predicted octanol–water partition coefficient (Wildman–Crippen LogP) is -2.32. The van der Waals surface area contributed by atoms with Crippen LogP contribution in [0.15, 0.2) is 15.5 Å². The Morgan fingerprint density at radius 2 is 1.75 bits per heavy atom. The molecule has 0 saturated heterocycles. The van der Waals surface area contributed by atoms with E-state index in [4.69, 9.17) is 11.5 Å². The minimum atomic E-state index is -0.158. The van der Waals surface area contributed by atoms with E-state index < -0.39 is 0 Å². The molecule has 0 aromatic rings. The Balaban J connectivity index is 0. The van der Waals surface area contributed by atoms with Crippen molar-refractivity contribution in [2.45, 2.75) is 0 Å². The van der Waals surface area contributed by atoms with E-state index in [0.29, 0.717) is 0 Å². The maximum atomic E-state index is 4.80. The van der Waals surface area contributed by atoms with Crippen LogP contribution in [0.3, 0.4) is 0 Å². The van der Waals surface area contributed by atoms with Gasteiger partial charge in [0.2, 0.25) is 5.96 Å². The minimum absolute atomic E-state index is 0. The van der Waals surface area contributed by atoms with Crippen LogP contribution in [0.4, 0.5) is 0 Å². The highest BCUT2D eigenvalue weighted by atomic mass is 16.0. The van der Waals surface area contributed by atoms with E-state index >= 15 is 0 Å². The molecule has 0 unspecified atom stereocenters. The second-order valence-corrected chi connectivity index (χ2v) is 0.730. The molecule has 0 aromatic heterocycles. The van der Waals surface area contributed by atoms with Gasteiger partial charge in [-0.3, -0.25) is 0 Å². The van der Waals surface area contributed by atoms with Gasteiger partial charge in [-0.05, 0) is 5.22 Å². The summed E-state index contributed by atoms with van der Waals surface area (Å²) >= 11 is 0. The molecule has 0 aliphatic rings. The van der Waals surface area contributed by atoms with Gasteiger partial charge in [0.1, 0.15) is 0 Å². The lowest BCUT2D eigenvalue weighted by molar-refractivity contribution is 0.824. The summed E-state index contributed by atoms with van der Waals surface area (Å²) in [6, 6.07) is 0. The Bertz CT molecular complexity index is 90.7. The highest BCUT2D eigenvalue weighted by Gasteiger charge is 1.69. The summed E-state index contributed by atoms with van der Waals surface area (Å²) < 4.78 is 0. The van der Waals surface area contributed by atoms with Crippen molar-refractivity contribution in [2.24, 2.45) is 32.9 Å². The van der Waals surface area contributed by atoms with Crippen molar-refractivity contribution in [2.75, 3.05) is 0 Å². The summed E-state index contributed by atoms with van der Waals surface area (Å²) in [6.45, 7) is 0. The minimum Gasteiger partial charge on any atom is -0.412 e. The third-order valence-corrected chi connectivity index (χ3v) is 0.212. The highest BCUT2D eigenvalue weighted by molar-refractivity contribution is 5.75. The zero-order chi connectivity index (χ0) is 5.70. The average Bonchev–Trinajstić information content (AvgIpc) is 1.61. The van der Waals surface area contributed by atoms with Crippen molar-refractivity contribution in [3.05, 3.63) is 0 Å². The van der Waals surface area contributed by atoms with Gasteiger partial charge in [0, 0.05) is 0 Å². The van der Waals surface area contributed by atoms with Crippen LogP contribution in [0.1, 0.15) is 0 Å². The topological polar surface area (TPSA) is 147 Å². The quantitative estimate of drug-likeness (QED) is 0.117. The van der Waals surface area contributed by atoms with Crippen LogP contribution in [0.5, 0.6) is 0 Å². The van der Waals surface area contributed by atoms with Gasteiger partial charge in [0.25, 0.3) is 0 Å². The molecule has 0 spiro atoms. The summed E-state index contributed by atoms with van der Waals surface area (Å²) in [4.78, 5) is 0. The maximum absolute atomic E-state index is 4.80. The molecule has 0 atom stereocenters. The lowest BCUT2D eigenvalue weighted by Crippen LogP contribution is -2.21. The summed E-state index contributed by atoms with van der Waals surface area (Å²) in [5, 5.41) is 8.71. The van der Waals surface area contributed by atoms with Crippen LogP contribution in [-0.4, -0.2) is 11.4 Å². The van der Waals surface area contributed by atoms with Crippen molar-refractivity contribution in [1.82, 2.24) is 0 Å². The lowest BCUT2D eigenvalue weighted by Gasteiger charge is -1.77. The Labute approximate surface area is 45.5 Å². The number of nitrogens with two attached hydrogens (primary N) is 3. The summed E-state index contributed by atoms with van der Waals surface area (Å²) in [6.07, 6.45) is 0. The third kappa shape index (κ3) is 8.82. The van der Waals surface area contributed by atoms with Crippen LogP contribution in [-0.2, 0) is 0 Å². The van der Waals surface area contributed by atoms with Crippen LogP contribution in [0, 0.1) is 0 Å². The molecule has 0 rings (SSSR count). The van der Waals surface area contributed by atoms with E-state index in [1.54, 1.807) is 0 Å². The number of guanidine groups is 1. The second kappa shape index (κ2) is 5.63. The summed E-state index contributed by atoms with van der Waals surface area (Å²) in [5.74, 6) is 4.36. The molecule has 0 bridgehead atoms. The van der Waals surface area contributed by atoms with E-state index in [9.17, 15) is 0 Å². The van der Waals surface area contributed by atoms with Crippen molar-refractivity contribution in [1.29, 1.82) is 0 Å². The number of nitrogens with zero attached hydrogens (tertiary/aromatic N) is 3. The fourth-order valence-electron chi connectivity index (χ4n) is 0.0775. The molecule has 0 fully saturated rings.